The summed E-state index contributed by atoms with van der Waals surface area (Å²) in [6.07, 6.45) is -2.91. The minimum Gasteiger partial charge on any atom is -0.497 e. The van der Waals surface area contributed by atoms with Gasteiger partial charge in [0, 0.05) is 17.7 Å². The van der Waals surface area contributed by atoms with Gasteiger partial charge in [-0.25, -0.2) is 9.78 Å². The molecule has 10 nitrogen and oxygen atoms in total. The number of aromatic amines is 1. The molecule has 1 aliphatic heterocycles. The van der Waals surface area contributed by atoms with Crippen LogP contribution in [0.15, 0.2) is 59.4 Å². The Hall–Kier alpha value is -4.55. The fraction of sp³-hybridized carbons (Fsp3) is 0.217. The number of methoxy groups -OCH3 is 1. The summed E-state index contributed by atoms with van der Waals surface area (Å²) < 4.78 is 51.8. The van der Waals surface area contributed by atoms with Gasteiger partial charge in [0.2, 0.25) is 11.7 Å². The minimum atomic E-state index is -4.79. The average molecular weight is 500 g/mol. The fourth-order valence-corrected chi connectivity index (χ4v) is 3.83. The van der Waals surface area contributed by atoms with Crippen molar-refractivity contribution in [1.29, 1.82) is 0 Å². The monoisotopic (exact) mass is 500 g/mol. The van der Waals surface area contributed by atoms with Crippen LogP contribution in [0.3, 0.4) is 0 Å². The van der Waals surface area contributed by atoms with Crippen molar-refractivity contribution in [2.24, 2.45) is 0 Å². The highest BCUT2D eigenvalue weighted by atomic mass is 19.4. The van der Waals surface area contributed by atoms with Gasteiger partial charge in [-0.05, 0) is 48.5 Å². The van der Waals surface area contributed by atoms with Crippen LogP contribution in [-0.2, 0) is 13.0 Å². The van der Waals surface area contributed by atoms with Crippen molar-refractivity contribution < 1.29 is 32.0 Å². The summed E-state index contributed by atoms with van der Waals surface area (Å²) in [6, 6.07) is 11.0. The second-order valence-corrected chi connectivity index (χ2v) is 7.86. The van der Waals surface area contributed by atoms with Gasteiger partial charge in [-0.1, -0.05) is 5.16 Å². The number of alkyl halides is 3. The van der Waals surface area contributed by atoms with Crippen molar-refractivity contribution in [1.82, 2.24) is 25.0 Å². The van der Waals surface area contributed by atoms with Crippen LogP contribution in [0.2, 0.25) is 0 Å². The van der Waals surface area contributed by atoms with E-state index in [1.165, 1.54) is 12.1 Å². The number of carbonyl (C=O) groups excluding carboxylic acids is 1. The molecule has 1 aliphatic rings. The van der Waals surface area contributed by atoms with Gasteiger partial charge in [-0.15, -0.1) is 13.2 Å². The molecule has 2 aromatic carbocycles. The number of carbonyl (C=O) groups is 1. The molecule has 2 N–H and O–H groups in total. The van der Waals surface area contributed by atoms with Gasteiger partial charge in [0.15, 0.2) is 0 Å². The number of nitrogens with one attached hydrogen (secondary N) is 2. The summed E-state index contributed by atoms with van der Waals surface area (Å²) in [5.41, 5.74) is 2.55. The number of fused-ring (bicyclic) bond motifs is 1. The number of nitrogens with zero attached hydrogens (tertiary/aromatic N) is 4. The first-order valence-corrected chi connectivity index (χ1v) is 10.7. The van der Waals surface area contributed by atoms with E-state index in [2.05, 4.69) is 30.2 Å². The molecule has 0 saturated carbocycles. The standard InChI is InChI=1S/C23H19F3N6O4/c1-34-15-8-4-14(5-9-15)29-22(33)32-11-18-17(27-12-28-18)10-19(32)21-30-20(31-36-21)13-2-6-16(7-3-13)35-23(24,25)26/h2-9,12,19H,10-11H2,1H3,(H,27,28)(H,29,33)/t19-/m0/s1. The zero-order valence-electron chi connectivity index (χ0n) is 18.7. The summed E-state index contributed by atoms with van der Waals surface area (Å²) in [5.74, 6) is 0.614. The first-order valence-electron chi connectivity index (χ1n) is 10.7. The molecule has 2 aromatic heterocycles. The van der Waals surface area contributed by atoms with E-state index >= 15 is 0 Å². The SMILES string of the molecule is COc1ccc(NC(=O)N2Cc3[nH]cnc3C[C@H]2c2nc(-c3ccc(OC(F)(F)F)cc3)no2)cc1. The lowest BCUT2D eigenvalue weighted by molar-refractivity contribution is -0.274. The van der Waals surface area contributed by atoms with Crippen molar-refractivity contribution in [3.05, 3.63) is 72.1 Å². The number of ether oxygens (including phenoxy) is 2. The van der Waals surface area contributed by atoms with E-state index in [1.54, 1.807) is 42.6 Å². The third kappa shape index (κ3) is 4.94. The Morgan fingerprint density at radius 2 is 1.86 bits per heavy atom. The summed E-state index contributed by atoms with van der Waals surface area (Å²) in [5, 5.41) is 6.81. The molecular formula is C23H19F3N6O4. The summed E-state index contributed by atoms with van der Waals surface area (Å²) >= 11 is 0. The topological polar surface area (TPSA) is 118 Å². The average Bonchev–Trinajstić information content (AvgIpc) is 3.53. The number of H-pyrrole nitrogens is 1. The van der Waals surface area contributed by atoms with E-state index in [1.807, 2.05) is 0 Å². The molecule has 5 rings (SSSR count). The van der Waals surface area contributed by atoms with Gasteiger partial charge in [-0.3, -0.25) is 0 Å². The number of hydrogen-bond donors (Lipinski definition) is 2. The van der Waals surface area contributed by atoms with Crippen molar-refractivity contribution in [2.45, 2.75) is 25.4 Å². The van der Waals surface area contributed by atoms with Gasteiger partial charge in [0.1, 0.15) is 17.5 Å². The Labute approximate surface area is 202 Å². The number of imidazole rings is 1. The molecule has 0 fully saturated rings. The van der Waals surface area contributed by atoms with Crippen molar-refractivity contribution in [2.75, 3.05) is 12.4 Å². The molecule has 0 aliphatic carbocycles. The third-order valence-corrected chi connectivity index (χ3v) is 5.57. The fourth-order valence-electron chi connectivity index (χ4n) is 3.83. The number of anilines is 1. The van der Waals surface area contributed by atoms with Crippen molar-refractivity contribution in [3.8, 4) is 22.9 Å². The Morgan fingerprint density at radius 3 is 2.56 bits per heavy atom. The van der Waals surface area contributed by atoms with Gasteiger partial charge >= 0.3 is 12.4 Å². The Balaban J connectivity index is 1.38. The van der Waals surface area contributed by atoms with E-state index in [9.17, 15) is 18.0 Å². The molecule has 36 heavy (non-hydrogen) atoms. The maximum Gasteiger partial charge on any atom is 0.573 e. The zero-order chi connectivity index (χ0) is 25.3. The van der Waals surface area contributed by atoms with E-state index in [0.717, 1.165) is 23.5 Å². The first kappa shape index (κ1) is 23.2. The quantitative estimate of drug-likeness (QED) is 0.408. The van der Waals surface area contributed by atoms with Gasteiger partial charge in [-0.2, -0.15) is 4.98 Å². The van der Waals surface area contributed by atoms with Crippen LogP contribution in [0.1, 0.15) is 23.3 Å². The molecule has 0 saturated heterocycles. The highest BCUT2D eigenvalue weighted by Crippen LogP contribution is 2.33. The number of aromatic nitrogens is 4. The van der Waals surface area contributed by atoms with Crippen LogP contribution in [0.4, 0.5) is 23.7 Å². The van der Waals surface area contributed by atoms with Crippen molar-refractivity contribution in [3.63, 3.8) is 0 Å². The molecular weight excluding hydrogens is 481 g/mol. The van der Waals surface area contributed by atoms with Crippen LogP contribution >= 0.6 is 0 Å². The molecule has 3 heterocycles. The lowest BCUT2D eigenvalue weighted by Crippen LogP contribution is -2.41. The highest BCUT2D eigenvalue weighted by molar-refractivity contribution is 5.89. The molecule has 186 valence electrons. The molecule has 4 aromatic rings. The number of urea groups is 1. The lowest BCUT2D eigenvalue weighted by atomic mass is 10.0. The number of benzene rings is 2. The van der Waals surface area contributed by atoms with Gasteiger partial charge < -0.3 is 29.2 Å². The largest absolute Gasteiger partial charge is 0.573 e. The normalized spacial score (nSPS) is 15.3. The second-order valence-electron chi connectivity index (χ2n) is 7.86. The second kappa shape index (κ2) is 9.24. The number of rotatable bonds is 5. The molecule has 0 bridgehead atoms. The maximum atomic E-state index is 13.2. The molecule has 0 unspecified atom stereocenters. The highest BCUT2D eigenvalue weighted by Gasteiger charge is 2.36. The minimum absolute atomic E-state index is 0.159. The summed E-state index contributed by atoms with van der Waals surface area (Å²) in [6.45, 7) is 0.225. The van der Waals surface area contributed by atoms with E-state index < -0.39 is 12.4 Å². The van der Waals surface area contributed by atoms with E-state index in [0.29, 0.717) is 23.4 Å². The molecule has 1 atom stereocenters. The Morgan fingerprint density at radius 1 is 1.14 bits per heavy atom. The first-order chi connectivity index (χ1) is 17.3. The molecule has 13 heteroatoms. The number of halogens is 3. The third-order valence-electron chi connectivity index (χ3n) is 5.57. The van der Waals surface area contributed by atoms with Crippen LogP contribution < -0.4 is 14.8 Å². The predicted molar refractivity (Wildman–Crippen MR) is 119 cm³/mol. The van der Waals surface area contributed by atoms with Crippen LogP contribution in [0.5, 0.6) is 11.5 Å². The number of amides is 2. The Kier molecular flexibility index (Phi) is 5.96. The Bertz CT molecular complexity index is 1350. The van der Waals surface area contributed by atoms with Crippen LogP contribution in [-0.4, -0.2) is 44.5 Å². The van der Waals surface area contributed by atoms with E-state index in [-0.39, 0.29) is 30.0 Å². The lowest BCUT2D eigenvalue weighted by Gasteiger charge is -2.32. The van der Waals surface area contributed by atoms with Crippen molar-refractivity contribution >= 4 is 11.7 Å². The van der Waals surface area contributed by atoms with Gasteiger partial charge in [0.25, 0.3) is 0 Å². The zero-order valence-corrected chi connectivity index (χ0v) is 18.7. The van der Waals surface area contributed by atoms with E-state index in [4.69, 9.17) is 9.26 Å². The number of hydrogen-bond acceptors (Lipinski definition) is 7. The van der Waals surface area contributed by atoms with Crippen LogP contribution in [0, 0.1) is 0 Å². The predicted octanol–water partition coefficient (Wildman–Crippen LogP) is 4.70. The van der Waals surface area contributed by atoms with Crippen LogP contribution in [0.25, 0.3) is 11.4 Å². The molecule has 0 radical (unpaired) electrons. The summed E-state index contributed by atoms with van der Waals surface area (Å²) in [7, 11) is 1.55. The smallest absolute Gasteiger partial charge is 0.497 e. The summed E-state index contributed by atoms with van der Waals surface area (Å²) in [4.78, 5) is 26.5. The molecule has 0 spiro atoms. The van der Waals surface area contributed by atoms with Gasteiger partial charge in [0.05, 0.1) is 31.4 Å². The maximum absolute atomic E-state index is 13.2. The molecule has 2 amide bonds.